The van der Waals surface area contributed by atoms with Crippen LogP contribution < -0.4 is 11.1 Å². The van der Waals surface area contributed by atoms with Crippen LogP contribution in [0.3, 0.4) is 0 Å². The summed E-state index contributed by atoms with van der Waals surface area (Å²) in [6.45, 7) is 6.37. The Morgan fingerprint density at radius 2 is 2.15 bits per heavy atom. The van der Waals surface area contributed by atoms with E-state index in [4.69, 9.17) is 5.73 Å². The van der Waals surface area contributed by atoms with Gasteiger partial charge in [-0.05, 0) is 44.0 Å². The van der Waals surface area contributed by atoms with Crippen molar-refractivity contribution in [1.29, 1.82) is 0 Å². The molecule has 0 aliphatic carbocycles. The molecule has 2 nitrogen and oxygen atoms in total. The standard InChI is InChI=1S/C11H18N2/c1-4-9(3)13-10-5-6-11(12)8(2)7-10/h5-7,9,13H,4,12H2,1-3H3. The van der Waals surface area contributed by atoms with E-state index in [1.165, 1.54) is 0 Å². The minimum atomic E-state index is 0.517. The minimum Gasteiger partial charge on any atom is -0.399 e. The quantitative estimate of drug-likeness (QED) is 0.698. The van der Waals surface area contributed by atoms with Gasteiger partial charge in [0.15, 0.2) is 0 Å². The topological polar surface area (TPSA) is 38.0 Å². The Bertz CT molecular complexity index is 281. The summed E-state index contributed by atoms with van der Waals surface area (Å²) in [7, 11) is 0. The van der Waals surface area contributed by atoms with Crippen molar-refractivity contribution in [3.05, 3.63) is 23.8 Å². The molecular weight excluding hydrogens is 160 g/mol. The van der Waals surface area contributed by atoms with Crippen molar-refractivity contribution < 1.29 is 0 Å². The second kappa shape index (κ2) is 4.17. The molecule has 1 aromatic rings. The molecule has 0 aliphatic rings. The number of hydrogen-bond donors (Lipinski definition) is 2. The predicted molar refractivity (Wildman–Crippen MR) is 59.0 cm³/mol. The maximum atomic E-state index is 5.72. The Balaban J connectivity index is 2.73. The van der Waals surface area contributed by atoms with E-state index in [0.29, 0.717) is 6.04 Å². The van der Waals surface area contributed by atoms with Gasteiger partial charge in [-0.1, -0.05) is 6.92 Å². The molecular formula is C11H18N2. The molecule has 0 bridgehead atoms. The fourth-order valence-electron chi connectivity index (χ4n) is 1.15. The molecule has 3 N–H and O–H groups in total. The van der Waals surface area contributed by atoms with Gasteiger partial charge in [-0.2, -0.15) is 0 Å². The molecule has 2 heteroatoms. The Morgan fingerprint density at radius 1 is 1.46 bits per heavy atom. The number of nitrogen functional groups attached to an aromatic ring is 1. The van der Waals surface area contributed by atoms with E-state index in [0.717, 1.165) is 23.4 Å². The zero-order valence-corrected chi connectivity index (χ0v) is 8.59. The van der Waals surface area contributed by atoms with Gasteiger partial charge in [-0.15, -0.1) is 0 Å². The first-order valence-electron chi connectivity index (χ1n) is 4.76. The van der Waals surface area contributed by atoms with E-state index < -0.39 is 0 Å². The number of aryl methyl sites for hydroxylation is 1. The van der Waals surface area contributed by atoms with Crippen molar-refractivity contribution in [2.75, 3.05) is 11.1 Å². The second-order valence-electron chi connectivity index (χ2n) is 3.53. The third kappa shape index (κ3) is 2.65. The van der Waals surface area contributed by atoms with Gasteiger partial charge in [0.25, 0.3) is 0 Å². The van der Waals surface area contributed by atoms with E-state index in [1.54, 1.807) is 0 Å². The summed E-state index contributed by atoms with van der Waals surface area (Å²) in [6, 6.07) is 6.57. The first-order valence-corrected chi connectivity index (χ1v) is 4.76. The van der Waals surface area contributed by atoms with Gasteiger partial charge in [0.05, 0.1) is 0 Å². The van der Waals surface area contributed by atoms with E-state index in [-0.39, 0.29) is 0 Å². The van der Waals surface area contributed by atoms with Crippen molar-refractivity contribution in [2.45, 2.75) is 33.2 Å². The first kappa shape index (κ1) is 9.90. The van der Waals surface area contributed by atoms with E-state index >= 15 is 0 Å². The van der Waals surface area contributed by atoms with Gasteiger partial charge in [-0.25, -0.2) is 0 Å². The maximum absolute atomic E-state index is 5.72. The minimum absolute atomic E-state index is 0.517. The molecule has 0 saturated heterocycles. The van der Waals surface area contributed by atoms with Crippen LogP contribution in [0.25, 0.3) is 0 Å². The molecule has 0 amide bonds. The molecule has 0 spiro atoms. The van der Waals surface area contributed by atoms with Gasteiger partial charge in [-0.3, -0.25) is 0 Å². The summed E-state index contributed by atoms with van der Waals surface area (Å²) in [5.74, 6) is 0. The number of nitrogens with one attached hydrogen (secondary N) is 1. The average molecular weight is 178 g/mol. The van der Waals surface area contributed by atoms with Crippen LogP contribution in [0, 0.1) is 6.92 Å². The first-order chi connectivity index (χ1) is 6.13. The lowest BCUT2D eigenvalue weighted by atomic mass is 10.1. The number of nitrogens with two attached hydrogens (primary N) is 1. The van der Waals surface area contributed by atoms with Crippen LogP contribution in [0.1, 0.15) is 25.8 Å². The Morgan fingerprint density at radius 3 is 2.69 bits per heavy atom. The number of hydrogen-bond acceptors (Lipinski definition) is 2. The Hall–Kier alpha value is -1.18. The lowest BCUT2D eigenvalue weighted by Crippen LogP contribution is -2.13. The summed E-state index contributed by atoms with van der Waals surface area (Å²) in [5, 5.41) is 3.40. The molecule has 1 unspecified atom stereocenters. The monoisotopic (exact) mass is 178 g/mol. The van der Waals surface area contributed by atoms with Crippen LogP contribution in [0.15, 0.2) is 18.2 Å². The highest BCUT2D eigenvalue weighted by atomic mass is 14.9. The van der Waals surface area contributed by atoms with Crippen molar-refractivity contribution in [3.8, 4) is 0 Å². The summed E-state index contributed by atoms with van der Waals surface area (Å²) < 4.78 is 0. The van der Waals surface area contributed by atoms with Crippen LogP contribution in [0.5, 0.6) is 0 Å². The zero-order chi connectivity index (χ0) is 9.84. The third-order valence-electron chi connectivity index (χ3n) is 2.30. The molecule has 1 rings (SSSR count). The lowest BCUT2D eigenvalue weighted by molar-refractivity contribution is 0.764. The van der Waals surface area contributed by atoms with E-state index in [9.17, 15) is 0 Å². The molecule has 0 radical (unpaired) electrons. The highest BCUT2D eigenvalue weighted by molar-refractivity contribution is 5.56. The summed E-state index contributed by atoms with van der Waals surface area (Å²) in [6.07, 6.45) is 1.13. The molecule has 13 heavy (non-hydrogen) atoms. The summed E-state index contributed by atoms with van der Waals surface area (Å²) >= 11 is 0. The van der Waals surface area contributed by atoms with E-state index in [2.05, 4.69) is 25.2 Å². The number of benzene rings is 1. The summed E-state index contributed by atoms with van der Waals surface area (Å²) in [4.78, 5) is 0. The maximum Gasteiger partial charge on any atom is 0.0346 e. The molecule has 72 valence electrons. The Labute approximate surface area is 80.1 Å². The van der Waals surface area contributed by atoms with Crippen LogP contribution in [-0.2, 0) is 0 Å². The van der Waals surface area contributed by atoms with Gasteiger partial charge < -0.3 is 11.1 Å². The van der Waals surface area contributed by atoms with Crippen molar-refractivity contribution in [2.24, 2.45) is 0 Å². The molecule has 0 fully saturated rings. The molecule has 1 aromatic carbocycles. The highest BCUT2D eigenvalue weighted by Crippen LogP contribution is 2.17. The smallest absolute Gasteiger partial charge is 0.0346 e. The third-order valence-corrected chi connectivity index (χ3v) is 2.30. The molecule has 1 atom stereocenters. The average Bonchev–Trinajstić information content (AvgIpc) is 2.11. The summed E-state index contributed by atoms with van der Waals surface area (Å²) in [5.41, 5.74) is 8.87. The second-order valence-corrected chi connectivity index (χ2v) is 3.53. The van der Waals surface area contributed by atoms with Crippen molar-refractivity contribution in [3.63, 3.8) is 0 Å². The number of anilines is 2. The van der Waals surface area contributed by atoms with Gasteiger partial charge in [0.1, 0.15) is 0 Å². The predicted octanol–water partition coefficient (Wildman–Crippen LogP) is 2.79. The zero-order valence-electron chi connectivity index (χ0n) is 8.59. The highest BCUT2D eigenvalue weighted by Gasteiger charge is 1.99. The van der Waals surface area contributed by atoms with Gasteiger partial charge >= 0.3 is 0 Å². The van der Waals surface area contributed by atoms with Crippen LogP contribution in [0.2, 0.25) is 0 Å². The van der Waals surface area contributed by atoms with Crippen LogP contribution in [-0.4, -0.2) is 6.04 Å². The van der Waals surface area contributed by atoms with Gasteiger partial charge in [0, 0.05) is 17.4 Å². The molecule has 0 aromatic heterocycles. The van der Waals surface area contributed by atoms with Crippen molar-refractivity contribution in [1.82, 2.24) is 0 Å². The number of rotatable bonds is 3. The fraction of sp³-hybridized carbons (Fsp3) is 0.455. The lowest BCUT2D eigenvalue weighted by Gasteiger charge is -2.13. The van der Waals surface area contributed by atoms with Crippen LogP contribution in [0.4, 0.5) is 11.4 Å². The van der Waals surface area contributed by atoms with Crippen molar-refractivity contribution >= 4 is 11.4 Å². The van der Waals surface area contributed by atoms with E-state index in [1.807, 2.05) is 19.1 Å². The molecule has 0 heterocycles. The normalized spacial score (nSPS) is 12.5. The molecule has 0 aliphatic heterocycles. The SMILES string of the molecule is CCC(C)Nc1ccc(N)c(C)c1. The largest absolute Gasteiger partial charge is 0.399 e. The molecule has 0 saturated carbocycles. The van der Waals surface area contributed by atoms with Crippen LogP contribution >= 0.6 is 0 Å². The Kier molecular flexibility index (Phi) is 3.18. The fourth-order valence-corrected chi connectivity index (χ4v) is 1.15. The van der Waals surface area contributed by atoms with Gasteiger partial charge in [0.2, 0.25) is 0 Å².